The Morgan fingerprint density at radius 1 is 1.00 bits per heavy atom. The molecule has 0 N–H and O–H groups in total. The van der Waals surface area contributed by atoms with Gasteiger partial charge in [0.05, 0.1) is 10.0 Å². The van der Waals surface area contributed by atoms with Crippen molar-refractivity contribution in [3.05, 3.63) is 51.5 Å². The molecule has 2 aromatic carbocycles. The van der Waals surface area contributed by atoms with Crippen LogP contribution in [-0.4, -0.2) is 6.61 Å². The van der Waals surface area contributed by atoms with E-state index in [1.165, 1.54) is 18.2 Å². The highest BCUT2D eigenvalue weighted by atomic mass is 35.5. The average molecular weight is 324 g/mol. The molecule has 0 aliphatic carbocycles. The number of hydrogen-bond donors (Lipinski definition) is 0. The minimum atomic E-state index is -2.88. The smallest absolute Gasteiger partial charge is 0.387 e. The third-order valence-corrected chi connectivity index (χ3v) is 3.38. The Kier molecular flexibility index (Phi) is 4.50. The van der Waals surface area contributed by atoms with E-state index in [2.05, 4.69) is 4.74 Å². The molecule has 0 spiro atoms. The van der Waals surface area contributed by atoms with Crippen LogP contribution in [0.5, 0.6) is 5.75 Å². The van der Waals surface area contributed by atoms with Crippen molar-refractivity contribution >= 4 is 34.8 Å². The van der Waals surface area contributed by atoms with Crippen molar-refractivity contribution < 1.29 is 13.5 Å². The lowest BCUT2D eigenvalue weighted by Crippen LogP contribution is -2.01. The van der Waals surface area contributed by atoms with Gasteiger partial charge in [0.15, 0.2) is 0 Å². The Hall–Kier alpha value is -1.03. The molecule has 0 radical (unpaired) electrons. The maximum Gasteiger partial charge on any atom is 0.387 e. The molecule has 100 valence electrons. The zero-order valence-corrected chi connectivity index (χ0v) is 11.6. The van der Waals surface area contributed by atoms with E-state index >= 15 is 0 Å². The summed E-state index contributed by atoms with van der Waals surface area (Å²) in [6, 6.07) is 9.27. The molecule has 2 aromatic rings. The van der Waals surface area contributed by atoms with E-state index in [1.807, 2.05) is 0 Å². The fourth-order valence-electron chi connectivity index (χ4n) is 1.61. The summed E-state index contributed by atoms with van der Waals surface area (Å²) in [5, 5.41) is 1.01. The summed E-state index contributed by atoms with van der Waals surface area (Å²) in [6.45, 7) is -2.88. The molecule has 0 saturated carbocycles. The lowest BCUT2D eigenvalue weighted by molar-refractivity contribution is -0.0498. The molecule has 0 aromatic heterocycles. The third kappa shape index (κ3) is 3.50. The van der Waals surface area contributed by atoms with E-state index < -0.39 is 6.61 Å². The third-order valence-electron chi connectivity index (χ3n) is 2.36. The van der Waals surface area contributed by atoms with Gasteiger partial charge in [-0.05, 0) is 29.8 Å². The summed E-state index contributed by atoms with van der Waals surface area (Å²) in [4.78, 5) is 0. The van der Waals surface area contributed by atoms with Crippen LogP contribution in [0.25, 0.3) is 11.1 Å². The topological polar surface area (TPSA) is 9.23 Å². The van der Waals surface area contributed by atoms with Crippen LogP contribution in [0, 0.1) is 0 Å². The van der Waals surface area contributed by atoms with Gasteiger partial charge in [-0.2, -0.15) is 8.78 Å². The van der Waals surface area contributed by atoms with E-state index in [-0.39, 0.29) is 5.75 Å². The summed E-state index contributed by atoms with van der Waals surface area (Å²) >= 11 is 17.9. The fraction of sp³-hybridized carbons (Fsp3) is 0.0769. The van der Waals surface area contributed by atoms with Crippen LogP contribution in [0.3, 0.4) is 0 Å². The van der Waals surface area contributed by atoms with Gasteiger partial charge in [-0.1, -0.05) is 46.9 Å². The number of rotatable bonds is 3. The van der Waals surface area contributed by atoms with Gasteiger partial charge in [0.25, 0.3) is 0 Å². The van der Waals surface area contributed by atoms with Gasteiger partial charge >= 0.3 is 6.61 Å². The standard InChI is InChI=1S/C13H7Cl3F2O/c14-8-5-10(12(16)11(15)6-8)7-2-1-3-9(4-7)19-13(17)18/h1-6,13H. The van der Waals surface area contributed by atoms with Crippen molar-refractivity contribution in [2.75, 3.05) is 0 Å². The highest BCUT2D eigenvalue weighted by molar-refractivity contribution is 6.45. The lowest BCUT2D eigenvalue weighted by Gasteiger charge is -2.09. The fourth-order valence-corrected chi connectivity index (χ4v) is 2.32. The predicted octanol–water partition coefficient (Wildman–Crippen LogP) is 5.92. The molecule has 2 rings (SSSR count). The van der Waals surface area contributed by atoms with Crippen LogP contribution in [0.2, 0.25) is 15.1 Å². The first kappa shape index (κ1) is 14.4. The summed E-state index contributed by atoms with van der Waals surface area (Å²) in [7, 11) is 0. The van der Waals surface area contributed by atoms with E-state index in [0.29, 0.717) is 26.2 Å². The second-order valence-electron chi connectivity index (χ2n) is 3.66. The average Bonchev–Trinajstić information content (AvgIpc) is 2.33. The van der Waals surface area contributed by atoms with Crippen LogP contribution in [-0.2, 0) is 0 Å². The minimum absolute atomic E-state index is 0.0414. The van der Waals surface area contributed by atoms with Crippen molar-refractivity contribution in [1.82, 2.24) is 0 Å². The van der Waals surface area contributed by atoms with Crippen LogP contribution in [0.1, 0.15) is 0 Å². The van der Waals surface area contributed by atoms with E-state index in [1.54, 1.807) is 18.2 Å². The van der Waals surface area contributed by atoms with Gasteiger partial charge in [-0.15, -0.1) is 0 Å². The molecular formula is C13H7Cl3F2O. The first-order valence-electron chi connectivity index (χ1n) is 5.17. The Balaban J connectivity index is 2.47. The Labute approximate surface area is 123 Å². The van der Waals surface area contributed by atoms with Gasteiger partial charge in [-0.3, -0.25) is 0 Å². The quantitative estimate of drug-likeness (QED) is 0.637. The molecule has 0 heterocycles. The second kappa shape index (κ2) is 5.95. The van der Waals surface area contributed by atoms with Crippen LogP contribution in [0.4, 0.5) is 8.78 Å². The molecule has 0 saturated heterocycles. The van der Waals surface area contributed by atoms with Gasteiger partial charge in [0.2, 0.25) is 0 Å². The summed E-state index contributed by atoms with van der Waals surface area (Å²) in [6.07, 6.45) is 0. The van der Waals surface area contributed by atoms with Crippen molar-refractivity contribution in [3.63, 3.8) is 0 Å². The lowest BCUT2D eigenvalue weighted by atomic mass is 10.1. The first-order chi connectivity index (χ1) is 8.97. The highest BCUT2D eigenvalue weighted by Gasteiger charge is 2.11. The zero-order valence-electron chi connectivity index (χ0n) is 9.34. The van der Waals surface area contributed by atoms with Gasteiger partial charge in [-0.25, -0.2) is 0 Å². The molecule has 6 heteroatoms. The molecular weight excluding hydrogens is 316 g/mol. The minimum Gasteiger partial charge on any atom is -0.435 e. The van der Waals surface area contributed by atoms with Crippen LogP contribution < -0.4 is 4.74 Å². The molecule has 0 amide bonds. The highest BCUT2D eigenvalue weighted by Crippen LogP contribution is 2.37. The van der Waals surface area contributed by atoms with Gasteiger partial charge in [0.1, 0.15) is 5.75 Å². The molecule has 0 aliphatic heterocycles. The van der Waals surface area contributed by atoms with Crippen molar-refractivity contribution in [1.29, 1.82) is 0 Å². The second-order valence-corrected chi connectivity index (χ2v) is 4.88. The monoisotopic (exact) mass is 322 g/mol. The Morgan fingerprint density at radius 3 is 2.42 bits per heavy atom. The van der Waals surface area contributed by atoms with Crippen molar-refractivity contribution in [2.45, 2.75) is 6.61 Å². The van der Waals surface area contributed by atoms with Crippen LogP contribution >= 0.6 is 34.8 Å². The maximum absolute atomic E-state index is 12.2. The number of ether oxygens (including phenoxy) is 1. The largest absolute Gasteiger partial charge is 0.435 e. The Morgan fingerprint density at radius 2 is 1.74 bits per heavy atom. The van der Waals surface area contributed by atoms with E-state index in [9.17, 15) is 8.78 Å². The van der Waals surface area contributed by atoms with E-state index in [4.69, 9.17) is 34.8 Å². The molecule has 1 nitrogen and oxygen atoms in total. The SMILES string of the molecule is FC(F)Oc1cccc(-c2cc(Cl)cc(Cl)c2Cl)c1. The Bertz CT molecular complexity index is 602. The number of hydrogen-bond acceptors (Lipinski definition) is 1. The van der Waals surface area contributed by atoms with Gasteiger partial charge < -0.3 is 4.74 Å². The predicted molar refractivity (Wildman–Crippen MR) is 73.5 cm³/mol. The summed E-state index contributed by atoms with van der Waals surface area (Å²) in [5.41, 5.74) is 1.14. The maximum atomic E-state index is 12.2. The number of halogens is 5. The van der Waals surface area contributed by atoms with Crippen molar-refractivity contribution in [2.24, 2.45) is 0 Å². The first-order valence-corrected chi connectivity index (χ1v) is 6.30. The summed E-state index contributed by atoms with van der Waals surface area (Å²) in [5.74, 6) is 0.0414. The molecule has 19 heavy (non-hydrogen) atoms. The molecule has 0 unspecified atom stereocenters. The van der Waals surface area contributed by atoms with Gasteiger partial charge in [0, 0.05) is 10.6 Å². The van der Waals surface area contributed by atoms with Crippen LogP contribution in [0.15, 0.2) is 36.4 Å². The molecule has 0 atom stereocenters. The normalized spacial score (nSPS) is 10.8. The molecule has 0 bridgehead atoms. The molecule has 0 aliphatic rings. The van der Waals surface area contributed by atoms with Crippen molar-refractivity contribution in [3.8, 4) is 16.9 Å². The number of benzene rings is 2. The van der Waals surface area contributed by atoms with E-state index in [0.717, 1.165) is 0 Å². The molecule has 0 fully saturated rings. The summed E-state index contributed by atoms with van der Waals surface area (Å²) < 4.78 is 28.7. The number of alkyl halides is 2. The zero-order chi connectivity index (χ0) is 14.0.